The minimum Gasteiger partial charge on any atom is -1.00 e. The highest BCUT2D eigenvalue weighted by molar-refractivity contribution is 5.97. The molecule has 0 amide bonds. The molecule has 0 aliphatic carbocycles. The molecule has 0 fully saturated rings. The van der Waals surface area contributed by atoms with Gasteiger partial charge in [0.15, 0.2) is 11.4 Å². The monoisotopic (exact) mass is 369 g/mol. The number of ether oxygens (including phenoxy) is 1. The van der Waals surface area contributed by atoms with Crippen LogP contribution in [0.1, 0.15) is 37.0 Å². The summed E-state index contributed by atoms with van der Waals surface area (Å²) in [6, 6.07) is 7.21. The molecule has 6 heteroatoms. The van der Waals surface area contributed by atoms with Gasteiger partial charge in [0.25, 0.3) is 0 Å². The van der Waals surface area contributed by atoms with Gasteiger partial charge in [-0.25, -0.2) is 5.01 Å². The number of hydrogen-bond acceptors (Lipinski definition) is 4. The van der Waals surface area contributed by atoms with Crippen LogP contribution in [0.2, 0.25) is 0 Å². The van der Waals surface area contributed by atoms with Gasteiger partial charge in [0.2, 0.25) is 0 Å². The molecular formula is C16H24BrN3O2. The van der Waals surface area contributed by atoms with E-state index in [0.717, 1.165) is 23.6 Å². The number of nitrogens with zero attached hydrogens (tertiary/aromatic N) is 1. The van der Waals surface area contributed by atoms with E-state index in [9.17, 15) is 4.79 Å². The molecule has 0 saturated carbocycles. The van der Waals surface area contributed by atoms with Gasteiger partial charge in [0.05, 0.1) is 19.9 Å². The highest BCUT2D eigenvalue weighted by Crippen LogP contribution is 2.21. The first-order chi connectivity index (χ1) is 10.1. The smallest absolute Gasteiger partial charge is 0.194 e. The van der Waals surface area contributed by atoms with Crippen LogP contribution >= 0.6 is 0 Å². The molecule has 1 heterocycles. The second kappa shape index (κ2) is 7.76. The lowest BCUT2D eigenvalue weighted by Gasteiger charge is -2.37. The fourth-order valence-corrected chi connectivity index (χ4v) is 2.93. The maximum atomic E-state index is 12.5. The average Bonchev–Trinajstić information content (AvgIpc) is 2.83. The van der Waals surface area contributed by atoms with E-state index in [0.29, 0.717) is 12.1 Å². The van der Waals surface area contributed by atoms with E-state index in [4.69, 9.17) is 10.6 Å². The lowest BCUT2D eigenvalue weighted by atomic mass is 10.0. The van der Waals surface area contributed by atoms with Gasteiger partial charge in [0, 0.05) is 18.4 Å². The Morgan fingerprint density at radius 1 is 1.27 bits per heavy atom. The Hall–Kier alpha value is -1.37. The maximum Gasteiger partial charge on any atom is 0.194 e. The van der Waals surface area contributed by atoms with Gasteiger partial charge in [-0.2, -0.15) is 5.84 Å². The Balaban J connectivity index is 0.00000242. The number of Topliss-reactive ketones (excluding diaryl/α,β-unsaturated/α-hetero) is 1. The minimum atomic E-state index is -0.220. The standard InChI is InChI=1S/C16H23N3O2.BrH/c1-4-16(5-2)18(10-11-19(16)17)12-15(20)13-6-8-14(21-3)9-7-13;/h6-11H,4-5,12,17H2,1-3H3;1H. The normalized spacial score (nSPS) is 18.9. The van der Waals surface area contributed by atoms with Crippen molar-refractivity contribution >= 4 is 5.78 Å². The number of halogens is 1. The number of carbonyl (C=O) groups is 1. The van der Waals surface area contributed by atoms with E-state index in [1.165, 1.54) is 0 Å². The van der Waals surface area contributed by atoms with E-state index in [-0.39, 0.29) is 28.4 Å². The van der Waals surface area contributed by atoms with E-state index >= 15 is 0 Å². The van der Waals surface area contributed by atoms with E-state index in [1.54, 1.807) is 31.4 Å². The van der Waals surface area contributed by atoms with Crippen LogP contribution < -0.4 is 32.6 Å². The van der Waals surface area contributed by atoms with Crippen molar-refractivity contribution in [2.45, 2.75) is 32.4 Å². The van der Waals surface area contributed by atoms with Crippen molar-refractivity contribution in [3.63, 3.8) is 0 Å². The van der Waals surface area contributed by atoms with Crippen LogP contribution in [0.5, 0.6) is 5.75 Å². The molecule has 5 nitrogen and oxygen atoms in total. The Morgan fingerprint density at radius 2 is 1.86 bits per heavy atom. The molecule has 1 aromatic rings. The van der Waals surface area contributed by atoms with Gasteiger partial charge in [-0.15, -0.1) is 0 Å². The van der Waals surface area contributed by atoms with Crippen LogP contribution in [0, 0.1) is 0 Å². The van der Waals surface area contributed by atoms with Gasteiger partial charge >= 0.3 is 0 Å². The van der Waals surface area contributed by atoms with Crippen molar-refractivity contribution in [1.29, 1.82) is 0 Å². The zero-order chi connectivity index (χ0) is 15.5. The lowest BCUT2D eigenvalue weighted by Crippen LogP contribution is -3.21. The number of rotatable bonds is 6. The number of ketones is 1. The van der Waals surface area contributed by atoms with E-state index in [2.05, 4.69) is 18.7 Å². The first kappa shape index (κ1) is 18.7. The maximum absolute atomic E-state index is 12.5. The van der Waals surface area contributed by atoms with Gasteiger partial charge in [-0.3, -0.25) is 4.79 Å². The molecule has 0 aromatic heterocycles. The third kappa shape index (κ3) is 3.34. The van der Waals surface area contributed by atoms with Crippen molar-refractivity contribution < 1.29 is 31.5 Å². The van der Waals surface area contributed by atoms with E-state index < -0.39 is 0 Å². The molecule has 22 heavy (non-hydrogen) atoms. The van der Waals surface area contributed by atoms with Crippen molar-refractivity contribution in [3.05, 3.63) is 42.2 Å². The van der Waals surface area contributed by atoms with Crippen LogP contribution in [0.25, 0.3) is 0 Å². The zero-order valence-corrected chi connectivity index (χ0v) is 14.9. The Morgan fingerprint density at radius 3 is 2.36 bits per heavy atom. The number of nitrogens with two attached hydrogens (primary N) is 1. The number of quaternary nitrogens is 1. The van der Waals surface area contributed by atoms with Crippen LogP contribution in [0.3, 0.4) is 0 Å². The van der Waals surface area contributed by atoms with Gasteiger partial charge < -0.3 is 26.6 Å². The first-order valence-electron chi connectivity index (χ1n) is 7.32. The summed E-state index contributed by atoms with van der Waals surface area (Å²) in [7, 11) is 1.61. The molecule has 0 saturated heterocycles. The summed E-state index contributed by atoms with van der Waals surface area (Å²) in [6.45, 7) is 4.55. The third-order valence-electron chi connectivity index (χ3n) is 4.42. The minimum absolute atomic E-state index is 0. The fourth-order valence-electron chi connectivity index (χ4n) is 2.93. The number of carbonyl (C=O) groups excluding carboxylic acids is 1. The van der Waals surface area contributed by atoms with Crippen LogP contribution in [-0.2, 0) is 0 Å². The topological polar surface area (TPSA) is 60.0 Å². The molecule has 0 spiro atoms. The summed E-state index contributed by atoms with van der Waals surface area (Å²) in [5, 5.41) is 0.843. The summed E-state index contributed by atoms with van der Waals surface area (Å²) in [5.74, 6) is 6.98. The molecular weight excluding hydrogens is 346 g/mol. The zero-order valence-electron chi connectivity index (χ0n) is 13.3. The number of hydrogen-bond donors (Lipinski definition) is 2. The summed E-state index contributed by atoms with van der Waals surface area (Å²) >= 11 is 0. The Bertz CT molecular complexity index is 527. The van der Waals surface area contributed by atoms with Crippen molar-refractivity contribution in [2.75, 3.05) is 13.7 Å². The Kier molecular flexibility index (Phi) is 6.59. The number of nitrogens with one attached hydrogen (secondary N) is 1. The molecule has 0 bridgehead atoms. The summed E-state index contributed by atoms with van der Waals surface area (Å²) in [5.41, 5.74) is 0.470. The van der Waals surface area contributed by atoms with Crippen molar-refractivity contribution in [2.24, 2.45) is 5.84 Å². The van der Waals surface area contributed by atoms with Gasteiger partial charge in [-0.05, 0) is 24.3 Å². The highest BCUT2D eigenvalue weighted by Gasteiger charge is 2.45. The second-order valence-electron chi connectivity index (χ2n) is 5.29. The SMILES string of the molecule is CCC1(CC)N(CC(=O)c2ccc(OC)cc2)C=C[NH+]1N.[Br-]. The van der Waals surface area contributed by atoms with Crippen LogP contribution in [0.15, 0.2) is 36.7 Å². The number of benzene rings is 1. The molecule has 1 aromatic carbocycles. The summed E-state index contributed by atoms with van der Waals surface area (Å²) in [4.78, 5) is 14.5. The van der Waals surface area contributed by atoms with Crippen LogP contribution in [-0.4, -0.2) is 30.0 Å². The van der Waals surface area contributed by atoms with Crippen molar-refractivity contribution in [3.8, 4) is 5.75 Å². The number of methoxy groups -OCH3 is 1. The molecule has 1 atom stereocenters. The van der Waals surface area contributed by atoms with E-state index in [1.807, 2.05) is 12.4 Å². The lowest BCUT2D eigenvalue weighted by molar-refractivity contribution is -0.922. The first-order valence-corrected chi connectivity index (χ1v) is 7.32. The molecule has 1 aliphatic rings. The highest BCUT2D eigenvalue weighted by atomic mass is 79.9. The average molecular weight is 370 g/mol. The Labute approximate surface area is 142 Å². The molecule has 3 N–H and O–H groups in total. The summed E-state index contributed by atoms with van der Waals surface area (Å²) in [6.07, 6.45) is 5.62. The van der Waals surface area contributed by atoms with Crippen LogP contribution in [0.4, 0.5) is 0 Å². The molecule has 2 rings (SSSR count). The summed E-state index contributed by atoms with van der Waals surface area (Å²) < 4.78 is 5.11. The molecule has 0 radical (unpaired) electrons. The fraction of sp³-hybridized carbons (Fsp3) is 0.438. The second-order valence-corrected chi connectivity index (χ2v) is 5.29. The quantitative estimate of drug-likeness (QED) is 0.447. The predicted molar refractivity (Wildman–Crippen MR) is 81.6 cm³/mol. The predicted octanol–water partition coefficient (Wildman–Crippen LogP) is -2.06. The molecule has 1 aliphatic heterocycles. The van der Waals surface area contributed by atoms with Gasteiger partial charge in [-0.1, -0.05) is 13.8 Å². The molecule has 1 unspecified atom stereocenters. The largest absolute Gasteiger partial charge is 1.00 e. The van der Waals surface area contributed by atoms with Gasteiger partial charge in [0.1, 0.15) is 11.9 Å². The van der Waals surface area contributed by atoms with Crippen molar-refractivity contribution in [1.82, 2.24) is 4.90 Å². The third-order valence-corrected chi connectivity index (χ3v) is 4.42. The molecule has 122 valence electrons.